The van der Waals surface area contributed by atoms with Crippen LogP contribution in [0.1, 0.15) is 37.6 Å². The fourth-order valence-corrected chi connectivity index (χ4v) is 1.98. The SMILES string of the molecule is CC(C)CC(C)Nc1ccc(F)c(N)c1C(=O)O. The maximum absolute atomic E-state index is 13.3. The summed E-state index contributed by atoms with van der Waals surface area (Å²) in [4.78, 5) is 11.1. The van der Waals surface area contributed by atoms with E-state index in [1.165, 1.54) is 12.1 Å². The molecule has 0 amide bonds. The van der Waals surface area contributed by atoms with E-state index in [-0.39, 0.29) is 17.3 Å². The lowest BCUT2D eigenvalue weighted by Gasteiger charge is -2.19. The normalized spacial score (nSPS) is 12.5. The van der Waals surface area contributed by atoms with E-state index >= 15 is 0 Å². The fourth-order valence-electron chi connectivity index (χ4n) is 1.98. The monoisotopic (exact) mass is 254 g/mol. The standard InChI is InChI=1S/C13H19FN2O2/c1-7(2)6-8(3)16-10-5-4-9(14)12(15)11(10)13(17)18/h4-5,7-8,16H,6,15H2,1-3H3,(H,17,18). The Morgan fingerprint density at radius 3 is 2.56 bits per heavy atom. The molecule has 0 heterocycles. The summed E-state index contributed by atoms with van der Waals surface area (Å²) in [5.74, 6) is -1.46. The Morgan fingerprint density at radius 2 is 2.06 bits per heavy atom. The summed E-state index contributed by atoms with van der Waals surface area (Å²) in [6, 6.07) is 2.67. The molecule has 0 aliphatic heterocycles. The number of anilines is 2. The zero-order valence-corrected chi connectivity index (χ0v) is 10.8. The molecule has 0 saturated heterocycles. The number of halogens is 1. The van der Waals surface area contributed by atoms with Gasteiger partial charge in [0.05, 0.1) is 11.4 Å². The highest BCUT2D eigenvalue weighted by molar-refractivity contribution is 6.00. The van der Waals surface area contributed by atoms with E-state index in [9.17, 15) is 9.18 Å². The molecule has 0 aliphatic carbocycles. The maximum atomic E-state index is 13.3. The number of hydrogen-bond acceptors (Lipinski definition) is 3. The van der Waals surface area contributed by atoms with Crippen LogP contribution in [0.15, 0.2) is 12.1 Å². The third-order valence-corrected chi connectivity index (χ3v) is 2.63. The number of hydrogen-bond donors (Lipinski definition) is 3. The van der Waals surface area contributed by atoms with Crippen LogP contribution in [0.5, 0.6) is 0 Å². The van der Waals surface area contributed by atoms with Gasteiger partial charge >= 0.3 is 5.97 Å². The van der Waals surface area contributed by atoms with Crippen LogP contribution in [0.25, 0.3) is 0 Å². The molecule has 0 aromatic heterocycles. The number of aromatic carboxylic acids is 1. The van der Waals surface area contributed by atoms with Crippen LogP contribution in [0.4, 0.5) is 15.8 Å². The smallest absolute Gasteiger partial charge is 0.340 e. The summed E-state index contributed by atoms with van der Waals surface area (Å²) in [5, 5.41) is 12.1. The van der Waals surface area contributed by atoms with Gasteiger partial charge in [0.15, 0.2) is 0 Å². The van der Waals surface area contributed by atoms with Crippen molar-refractivity contribution in [1.29, 1.82) is 0 Å². The molecule has 0 saturated carbocycles. The van der Waals surface area contributed by atoms with Crippen molar-refractivity contribution in [3.63, 3.8) is 0 Å². The van der Waals surface area contributed by atoms with Crippen LogP contribution < -0.4 is 11.1 Å². The quantitative estimate of drug-likeness (QED) is 0.706. The number of carboxylic acids is 1. The van der Waals surface area contributed by atoms with Gasteiger partial charge in [0.25, 0.3) is 0 Å². The van der Waals surface area contributed by atoms with E-state index in [0.717, 1.165) is 6.42 Å². The van der Waals surface area contributed by atoms with Gasteiger partial charge in [-0.2, -0.15) is 0 Å². The number of nitrogens with one attached hydrogen (secondary N) is 1. The first-order valence-electron chi connectivity index (χ1n) is 5.90. The van der Waals surface area contributed by atoms with Crippen molar-refractivity contribution in [2.75, 3.05) is 11.1 Å². The second kappa shape index (κ2) is 5.71. The Hall–Kier alpha value is -1.78. The summed E-state index contributed by atoms with van der Waals surface area (Å²) in [6.07, 6.45) is 0.885. The molecule has 18 heavy (non-hydrogen) atoms. The van der Waals surface area contributed by atoms with E-state index in [4.69, 9.17) is 10.8 Å². The van der Waals surface area contributed by atoms with Crippen molar-refractivity contribution in [1.82, 2.24) is 0 Å². The van der Waals surface area contributed by atoms with Gasteiger partial charge in [-0.1, -0.05) is 13.8 Å². The minimum absolute atomic E-state index is 0.0907. The summed E-state index contributed by atoms with van der Waals surface area (Å²) >= 11 is 0. The molecular weight excluding hydrogens is 235 g/mol. The molecule has 100 valence electrons. The average molecular weight is 254 g/mol. The Labute approximate surface area is 106 Å². The van der Waals surface area contributed by atoms with Gasteiger partial charge in [-0.3, -0.25) is 0 Å². The number of carboxylic acid groups (broad SMARTS) is 1. The second-order valence-corrected chi connectivity index (χ2v) is 4.86. The molecule has 0 aliphatic rings. The Bertz CT molecular complexity index is 447. The van der Waals surface area contributed by atoms with Crippen molar-refractivity contribution in [2.24, 2.45) is 5.92 Å². The summed E-state index contributed by atoms with van der Waals surface area (Å²) in [5.41, 5.74) is 5.29. The van der Waals surface area contributed by atoms with Crippen molar-refractivity contribution in [2.45, 2.75) is 33.2 Å². The zero-order valence-electron chi connectivity index (χ0n) is 10.8. The summed E-state index contributed by atoms with van der Waals surface area (Å²) in [6.45, 7) is 6.11. The van der Waals surface area contributed by atoms with Crippen molar-refractivity contribution >= 4 is 17.3 Å². The first-order chi connectivity index (χ1) is 8.32. The molecule has 0 spiro atoms. The highest BCUT2D eigenvalue weighted by Crippen LogP contribution is 2.26. The molecular formula is C13H19FN2O2. The number of nitrogen functional groups attached to an aromatic ring is 1. The van der Waals surface area contributed by atoms with Crippen LogP contribution in [-0.2, 0) is 0 Å². The number of rotatable bonds is 5. The average Bonchev–Trinajstić information content (AvgIpc) is 2.21. The molecule has 5 heteroatoms. The first-order valence-corrected chi connectivity index (χ1v) is 5.90. The molecule has 1 unspecified atom stereocenters. The molecule has 1 atom stereocenters. The van der Waals surface area contributed by atoms with Gasteiger partial charge in [0, 0.05) is 6.04 Å². The van der Waals surface area contributed by atoms with E-state index in [0.29, 0.717) is 11.6 Å². The van der Waals surface area contributed by atoms with Gasteiger partial charge in [-0.15, -0.1) is 0 Å². The fraction of sp³-hybridized carbons (Fsp3) is 0.462. The highest BCUT2D eigenvalue weighted by Gasteiger charge is 2.18. The van der Waals surface area contributed by atoms with Crippen LogP contribution in [0.3, 0.4) is 0 Å². The molecule has 0 bridgehead atoms. The molecule has 0 fully saturated rings. The highest BCUT2D eigenvalue weighted by atomic mass is 19.1. The second-order valence-electron chi connectivity index (χ2n) is 4.86. The van der Waals surface area contributed by atoms with E-state index in [1.807, 2.05) is 6.92 Å². The number of nitrogens with two attached hydrogens (primary N) is 1. The van der Waals surface area contributed by atoms with Gasteiger partial charge in [0.1, 0.15) is 11.4 Å². The lowest BCUT2D eigenvalue weighted by Crippen LogP contribution is -2.20. The van der Waals surface area contributed by atoms with Gasteiger partial charge < -0.3 is 16.2 Å². The third kappa shape index (κ3) is 3.35. The van der Waals surface area contributed by atoms with Gasteiger partial charge in [0.2, 0.25) is 0 Å². The Kier molecular flexibility index (Phi) is 4.53. The van der Waals surface area contributed by atoms with Crippen molar-refractivity contribution in [3.8, 4) is 0 Å². The Balaban J connectivity index is 3.02. The molecule has 1 aromatic rings. The molecule has 4 nitrogen and oxygen atoms in total. The minimum atomic E-state index is -1.23. The van der Waals surface area contributed by atoms with Crippen LogP contribution >= 0.6 is 0 Å². The van der Waals surface area contributed by atoms with Gasteiger partial charge in [-0.05, 0) is 31.4 Å². The molecule has 4 N–H and O–H groups in total. The topological polar surface area (TPSA) is 75.3 Å². The minimum Gasteiger partial charge on any atom is -0.478 e. The number of carbonyl (C=O) groups is 1. The third-order valence-electron chi connectivity index (χ3n) is 2.63. The van der Waals surface area contributed by atoms with Crippen molar-refractivity contribution < 1.29 is 14.3 Å². The first kappa shape index (κ1) is 14.3. The van der Waals surface area contributed by atoms with E-state index in [2.05, 4.69) is 19.2 Å². The van der Waals surface area contributed by atoms with Crippen molar-refractivity contribution in [3.05, 3.63) is 23.5 Å². The van der Waals surface area contributed by atoms with E-state index in [1.54, 1.807) is 0 Å². The molecule has 1 aromatic carbocycles. The Morgan fingerprint density at radius 1 is 1.44 bits per heavy atom. The lowest BCUT2D eigenvalue weighted by atomic mass is 10.0. The lowest BCUT2D eigenvalue weighted by molar-refractivity contribution is 0.0698. The maximum Gasteiger partial charge on any atom is 0.340 e. The zero-order chi connectivity index (χ0) is 13.9. The molecule has 0 radical (unpaired) electrons. The van der Waals surface area contributed by atoms with Crippen LogP contribution in [0, 0.1) is 11.7 Å². The molecule has 1 rings (SSSR count). The largest absolute Gasteiger partial charge is 0.478 e. The summed E-state index contributed by atoms with van der Waals surface area (Å²) in [7, 11) is 0. The number of benzene rings is 1. The predicted octanol–water partition coefficient (Wildman–Crippen LogP) is 2.95. The van der Waals surface area contributed by atoms with Crippen LogP contribution in [-0.4, -0.2) is 17.1 Å². The predicted molar refractivity (Wildman–Crippen MR) is 70.3 cm³/mol. The van der Waals surface area contributed by atoms with E-state index < -0.39 is 11.8 Å². The summed E-state index contributed by atoms with van der Waals surface area (Å²) < 4.78 is 13.3. The van der Waals surface area contributed by atoms with Gasteiger partial charge in [-0.25, -0.2) is 9.18 Å². The van der Waals surface area contributed by atoms with Crippen LogP contribution in [0.2, 0.25) is 0 Å².